The zero-order valence-corrected chi connectivity index (χ0v) is 9.11. The highest BCUT2D eigenvalue weighted by atomic mass is 16.5. The molecule has 0 heterocycles. The maximum Gasteiger partial charge on any atom is 0.339 e. The highest BCUT2D eigenvalue weighted by molar-refractivity contribution is 6.00. The highest BCUT2D eigenvalue weighted by Crippen LogP contribution is 2.14. The van der Waals surface area contributed by atoms with Crippen LogP contribution in [0.25, 0.3) is 0 Å². The Labute approximate surface area is 93.5 Å². The summed E-state index contributed by atoms with van der Waals surface area (Å²) in [5.41, 5.74) is 0.755. The second-order valence-electron chi connectivity index (χ2n) is 3.14. The number of nitrogens with zero attached hydrogens (tertiary/aromatic N) is 1. The minimum Gasteiger partial charge on any atom is -0.465 e. The van der Waals surface area contributed by atoms with E-state index in [-0.39, 0.29) is 16.9 Å². The number of esters is 1. The molecule has 1 aromatic carbocycles. The predicted octanol–water partition coefficient (Wildman–Crippen LogP) is 1.94. The van der Waals surface area contributed by atoms with Gasteiger partial charge in [-0.2, -0.15) is 5.26 Å². The summed E-state index contributed by atoms with van der Waals surface area (Å²) < 4.78 is 4.55. The van der Waals surface area contributed by atoms with Gasteiger partial charge in [0, 0.05) is 12.0 Å². The van der Waals surface area contributed by atoms with Gasteiger partial charge >= 0.3 is 5.97 Å². The van der Waals surface area contributed by atoms with Crippen molar-refractivity contribution in [3.05, 3.63) is 34.9 Å². The monoisotopic (exact) mass is 217 g/mol. The first kappa shape index (κ1) is 11.9. The zero-order chi connectivity index (χ0) is 12.1. The normalized spacial score (nSPS) is 9.31. The minimum absolute atomic E-state index is 0.0744. The summed E-state index contributed by atoms with van der Waals surface area (Å²) in [5, 5.41) is 8.81. The van der Waals surface area contributed by atoms with Crippen molar-refractivity contribution in [2.75, 3.05) is 7.11 Å². The molecule has 4 heteroatoms. The van der Waals surface area contributed by atoms with Crippen LogP contribution in [0, 0.1) is 11.3 Å². The van der Waals surface area contributed by atoms with E-state index in [9.17, 15) is 9.59 Å². The van der Waals surface area contributed by atoms with E-state index in [4.69, 9.17) is 5.26 Å². The predicted molar refractivity (Wildman–Crippen MR) is 57.1 cm³/mol. The van der Waals surface area contributed by atoms with Crippen LogP contribution in [-0.4, -0.2) is 18.9 Å². The Morgan fingerprint density at radius 2 is 2.12 bits per heavy atom. The Morgan fingerprint density at radius 1 is 1.44 bits per heavy atom. The van der Waals surface area contributed by atoms with E-state index in [2.05, 4.69) is 4.74 Å². The number of ether oxygens (including phenoxy) is 1. The van der Waals surface area contributed by atoms with E-state index in [1.54, 1.807) is 6.92 Å². The first-order valence-corrected chi connectivity index (χ1v) is 4.79. The van der Waals surface area contributed by atoms with Crippen LogP contribution >= 0.6 is 0 Å². The van der Waals surface area contributed by atoms with Gasteiger partial charge in [-0.15, -0.1) is 0 Å². The van der Waals surface area contributed by atoms with Crippen molar-refractivity contribution in [3.63, 3.8) is 0 Å². The Bertz CT molecular complexity index is 472. The fourth-order valence-corrected chi connectivity index (χ4v) is 1.30. The molecule has 4 nitrogen and oxygen atoms in total. The minimum atomic E-state index is -0.609. The number of hydrogen-bond donors (Lipinski definition) is 0. The highest BCUT2D eigenvalue weighted by Gasteiger charge is 2.14. The SMILES string of the molecule is CCC(=O)c1ccc(C#N)c(C(=O)OC)c1. The smallest absolute Gasteiger partial charge is 0.339 e. The van der Waals surface area contributed by atoms with Gasteiger partial charge in [0.05, 0.1) is 18.2 Å². The maximum absolute atomic E-state index is 11.4. The lowest BCUT2D eigenvalue weighted by atomic mass is 10.0. The lowest BCUT2D eigenvalue weighted by molar-refractivity contribution is 0.0600. The quantitative estimate of drug-likeness (QED) is 0.573. The average molecular weight is 217 g/mol. The van der Waals surface area contributed by atoms with Crippen LogP contribution in [0.3, 0.4) is 0 Å². The molecule has 0 N–H and O–H groups in total. The maximum atomic E-state index is 11.4. The summed E-state index contributed by atoms with van der Waals surface area (Å²) in [6.07, 6.45) is 0.354. The Kier molecular flexibility index (Phi) is 3.78. The van der Waals surface area contributed by atoms with Crippen molar-refractivity contribution >= 4 is 11.8 Å². The van der Waals surface area contributed by atoms with Gasteiger partial charge in [-0.1, -0.05) is 13.0 Å². The molecule has 0 aromatic heterocycles. The number of nitriles is 1. The van der Waals surface area contributed by atoms with E-state index in [0.29, 0.717) is 12.0 Å². The topological polar surface area (TPSA) is 67.2 Å². The molecule has 0 aliphatic heterocycles. The van der Waals surface area contributed by atoms with Gasteiger partial charge in [-0.25, -0.2) is 4.79 Å². The molecule has 0 radical (unpaired) electrons. The van der Waals surface area contributed by atoms with Crippen molar-refractivity contribution in [3.8, 4) is 6.07 Å². The molecule has 0 aliphatic carbocycles. The molecule has 82 valence electrons. The van der Waals surface area contributed by atoms with Crippen molar-refractivity contribution in [2.24, 2.45) is 0 Å². The standard InChI is InChI=1S/C12H11NO3/c1-3-11(14)8-4-5-9(7-13)10(6-8)12(15)16-2/h4-6H,3H2,1-2H3. The summed E-state index contributed by atoms with van der Waals surface area (Å²) in [7, 11) is 1.23. The number of hydrogen-bond acceptors (Lipinski definition) is 4. The van der Waals surface area contributed by atoms with Gasteiger partial charge in [0.1, 0.15) is 6.07 Å². The van der Waals surface area contributed by atoms with Crippen LogP contribution in [0.15, 0.2) is 18.2 Å². The van der Waals surface area contributed by atoms with Crippen LogP contribution in [0.4, 0.5) is 0 Å². The number of ketones is 1. The van der Waals surface area contributed by atoms with E-state index in [1.807, 2.05) is 6.07 Å². The number of carbonyl (C=O) groups excluding carboxylic acids is 2. The van der Waals surface area contributed by atoms with Gasteiger partial charge < -0.3 is 4.74 Å². The lowest BCUT2D eigenvalue weighted by Crippen LogP contribution is -2.07. The van der Waals surface area contributed by atoms with E-state index in [1.165, 1.54) is 25.3 Å². The van der Waals surface area contributed by atoms with Gasteiger partial charge in [0.15, 0.2) is 5.78 Å². The van der Waals surface area contributed by atoms with E-state index >= 15 is 0 Å². The molecular weight excluding hydrogens is 206 g/mol. The third-order valence-corrected chi connectivity index (χ3v) is 2.19. The molecule has 16 heavy (non-hydrogen) atoms. The average Bonchev–Trinajstić information content (AvgIpc) is 2.35. The van der Waals surface area contributed by atoms with Gasteiger partial charge in [-0.05, 0) is 12.1 Å². The number of methoxy groups -OCH3 is 1. The van der Waals surface area contributed by atoms with Gasteiger partial charge in [0.25, 0.3) is 0 Å². The van der Waals surface area contributed by atoms with Crippen LogP contribution in [0.5, 0.6) is 0 Å². The van der Waals surface area contributed by atoms with Gasteiger partial charge in [0.2, 0.25) is 0 Å². The molecule has 0 unspecified atom stereocenters. The van der Waals surface area contributed by atoms with Crippen LogP contribution in [-0.2, 0) is 4.74 Å². The molecule has 0 aliphatic rings. The van der Waals surface area contributed by atoms with E-state index < -0.39 is 5.97 Å². The van der Waals surface area contributed by atoms with E-state index in [0.717, 1.165) is 0 Å². The van der Waals surface area contributed by atoms with Crippen molar-refractivity contribution < 1.29 is 14.3 Å². The lowest BCUT2D eigenvalue weighted by Gasteiger charge is -2.04. The number of benzene rings is 1. The fraction of sp³-hybridized carbons (Fsp3) is 0.250. The van der Waals surface area contributed by atoms with Gasteiger partial charge in [-0.3, -0.25) is 4.79 Å². The van der Waals surface area contributed by atoms with Crippen LogP contribution in [0.2, 0.25) is 0 Å². The molecule has 0 saturated carbocycles. The Hall–Kier alpha value is -2.15. The molecule has 0 fully saturated rings. The molecule has 0 atom stereocenters. The second kappa shape index (κ2) is 5.08. The molecule has 1 aromatic rings. The third-order valence-electron chi connectivity index (χ3n) is 2.19. The number of rotatable bonds is 3. The summed E-state index contributed by atoms with van der Waals surface area (Å²) in [6, 6.07) is 6.27. The molecule has 0 bridgehead atoms. The molecule has 0 saturated heterocycles. The molecular formula is C12H11NO3. The third kappa shape index (κ3) is 2.26. The van der Waals surface area contributed by atoms with Crippen molar-refractivity contribution in [1.82, 2.24) is 0 Å². The Morgan fingerprint density at radius 3 is 2.62 bits per heavy atom. The summed E-state index contributed by atoms with van der Waals surface area (Å²) in [4.78, 5) is 22.8. The summed E-state index contributed by atoms with van der Waals surface area (Å²) in [5.74, 6) is -0.683. The summed E-state index contributed by atoms with van der Waals surface area (Å²) >= 11 is 0. The van der Waals surface area contributed by atoms with Crippen LogP contribution < -0.4 is 0 Å². The number of carbonyl (C=O) groups is 2. The second-order valence-corrected chi connectivity index (χ2v) is 3.14. The first-order chi connectivity index (χ1) is 7.63. The molecule has 0 spiro atoms. The summed E-state index contributed by atoms with van der Waals surface area (Å²) in [6.45, 7) is 1.73. The fourth-order valence-electron chi connectivity index (χ4n) is 1.30. The largest absolute Gasteiger partial charge is 0.465 e. The molecule has 1 rings (SSSR count). The van der Waals surface area contributed by atoms with Crippen molar-refractivity contribution in [1.29, 1.82) is 5.26 Å². The first-order valence-electron chi connectivity index (χ1n) is 4.79. The Balaban J connectivity index is 3.28. The number of Topliss-reactive ketones (excluding diaryl/α,β-unsaturated/α-hetero) is 1. The molecule has 0 amide bonds. The van der Waals surface area contributed by atoms with Crippen LogP contribution in [0.1, 0.15) is 39.6 Å². The van der Waals surface area contributed by atoms with Crippen molar-refractivity contribution in [2.45, 2.75) is 13.3 Å². The zero-order valence-electron chi connectivity index (χ0n) is 9.11.